The SMILES string of the molecule is O=C(NCc1ccc(-n2ccnc2)nc1)c1cn[nH]c1-c1cccnc1. The van der Waals surface area contributed by atoms with Crippen molar-refractivity contribution in [3.8, 4) is 17.1 Å². The lowest BCUT2D eigenvalue weighted by molar-refractivity contribution is 0.0951. The smallest absolute Gasteiger partial charge is 0.255 e. The van der Waals surface area contributed by atoms with Gasteiger partial charge >= 0.3 is 0 Å². The average Bonchev–Trinajstić information content (AvgIpc) is 3.39. The molecule has 0 aliphatic carbocycles. The zero-order valence-electron chi connectivity index (χ0n) is 13.7. The summed E-state index contributed by atoms with van der Waals surface area (Å²) in [5.74, 6) is 0.558. The molecule has 0 aliphatic heterocycles. The molecule has 0 atom stereocenters. The molecule has 0 bridgehead atoms. The summed E-state index contributed by atoms with van der Waals surface area (Å²) in [4.78, 5) is 24.9. The minimum atomic E-state index is -0.212. The van der Waals surface area contributed by atoms with Crippen molar-refractivity contribution in [1.29, 1.82) is 0 Å². The maximum Gasteiger partial charge on any atom is 0.255 e. The Morgan fingerprint density at radius 1 is 1.12 bits per heavy atom. The second-order valence-corrected chi connectivity index (χ2v) is 5.58. The lowest BCUT2D eigenvalue weighted by Crippen LogP contribution is -2.23. The van der Waals surface area contributed by atoms with E-state index in [0.717, 1.165) is 16.9 Å². The molecule has 0 spiro atoms. The lowest BCUT2D eigenvalue weighted by atomic mass is 10.1. The van der Waals surface area contributed by atoms with E-state index in [2.05, 4.69) is 30.5 Å². The summed E-state index contributed by atoms with van der Waals surface area (Å²) in [5, 5.41) is 9.72. The van der Waals surface area contributed by atoms with Crippen LogP contribution in [0.5, 0.6) is 0 Å². The first-order valence-electron chi connectivity index (χ1n) is 7.96. The third kappa shape index (κ3) is 3.20. The predicted molar refractivity (Wildman–Crippen MR) is 94.3 cm³/mol. The number of pyridine rings is 2. The Kier molecular flexibility index (Phi) is 4.21. The van der Waals surface area contributed by atoms with E-state index in [-0.39, 0.29) is 5.91 Å². The van der Waals surface area contributed by atoms with Crippen molar-refractivity contribution in [2.45, 2.75) is 6.54 Å². The molecule has 8 nitrogen and oxygen atoms in total. The van der Waals surface area contributed by atoms with Gasteiger partial charge in [-0.15, -0.1) is 0 Å². The summed E-state index contributed by atoms with van der Waals surface area (Å²) in [6, 6.07) is 7.48. The van der Waals surface area contributed by atoms with Gasteiger partial charge in [-0.25, -0.2) is 9.97 Å². The molecule has 1 amide bonds. The molecular formula is C18H15N7O. The molecule has 0 aliphatic rings. The maximum absolute atomic E-state index is 12.5. The summed E-state index contributed by atoms with van der Waals surface area (Å²) < 4.78 is 1.81. The molecule has 0 saturated carbocycles. The average molecular weight is 345 g/mol. The van der Waals surface area contributed by atoms with Gasteiger partial charge in [-0.2, -0.15) is 5.10 Å². The normalized spacial score (nSPS) is 10.6. The highest BCUT2D eigenvalue weighted by molar-refractivity contribution is 5.99. The van der Waals surface area contributed by atoms with Crippen molar-refractivity contribution < 1.29 is 4.79 Å². The predicted octanol–water partition coefficient (Wildman–Crippen LogP) is 1.98. The van der Waals surface area contributed by atoms with Crippen LogP contribution in [-0.2, 0) is 6.54 Å². The number of H-pyrrole nitrogens is 1. The molecule has 26 heavy (non-hydrogen) atoms. The summed E-state index contributed by atoms with van der Waals surface area (Å²) in [6.45, 7) is 0.369. The lowest BCUT2D eigenvalue weighted by Gasteiger charge is -2.07. The van der Waals surface area contributed by atoms with Crippen molar-refractivity contribution in [2.24, 2.45) is 0 Å². The molecule has 4 aromatic heterocycles. The van der Waals surface area contributed by atoms with Crippen LogP contribution in [0.3, 0.4) is 0 Å². The Hall–Kier alpha value is -3.81. The van der Waals surface area contributed by atoms with Crippen molar-refractivity contribution in [1.82, 2.24) is 35.0 Å². The fourth-order valence-electron chi connectivity index (χ4n) is 2.54. The van der Waals surface area contributed by atoms with Gasteiger partial charge in [0.15, 0.2) is 0 Å². The van der Waals surface area contributed by atoms with Crippen LogP contribution < -0.4 is 5.32 Å². The number of rotatable bonds is 5. The first kappa shape index (κ1) is 15.7. The number of aromatic amines is 1. The molecule has 0 saturated heterocycles. The second-order valence-electron chi connectivity index (χ2n) is 5.58. The van der Waals surface area contributed by atoms with E-state index in [0.29, 0.717) is 17.8 Å². The quantitative estimate of drug-likeness (QED) is 0.576. The van der Waals surface area contributed by atoms with Crippen molar-refractivity contribution in [2.75, 3.05) is 0 Å². The molecule has 128 valence electrons. The maximum atomic E-state index is 12.5. The minimum absolute atomic E-state index is 0.212. The topological polar surface area (TPSA) is 101 Å². The van der Waals surface area contributed by atoms with E-state index in [1.807, 2.05) is 35.0 Å². The summed E-state index contributed by atoms with van der Waals surface area (Å²) >= 11 is 0. The highest BCUT2D eigenvalue weighted by Crippen LogP contribution is 2.19. The number of nitrogens with zero attached hydrogens (tertiary/aromatic N) is 5. The summed E-state index contributed by atoms with van der Waals surface area (Å²) in [7, 11) is 0. The standard InChI is InChI=1S/C18H15N7O/c26-18(15-11-23-24-17(15)14-2-1-5-19-10-14)22-9-13-3-4-16(21-8-13)25-7-6-20-12-25/h1-8,10-12H,9H2,(H,22,26)(H,23,24). The Labute approximate surface area is 149 Å². The number of imidazole rings is 1. The van der Waals surface area contributed by atoms with Gasteiger partial charge in [0.2, 0.25) is 0 Å². The Balaban J connectivity index is 1.44. The third-order valence-corrected chi connectivity index (χ3v) is 3.87. The van der Waals surface area contributed by atoms with Gasteiger partial charge in [0, 0.05) is 43.1 Å². The second kappa shape index (κ2) is 6.98. The van der Waals surface area contributed by atoms with Crippen molar-refractivity contribution in [3.63, 3.8) is 0 Å². The molecule has 0 fully saturated rings. The van der Waals surface area contributed by atoms with Gasteiger partial charge in [0.05, 0.1) is 17.5 Å². The molecule has 0 aromatic carbocycles. The number of aromatic nitrogens is 6. The van der Waals surface area contributed by atoms with Crippen molar-refractivity contribution in [3.05, 3.63) is 78.9 Å². The molecular weight excluding hydrogens is 330 g/mol. The van der Waals surface area contributed by atoms with Crippen LogP contribution in [0.2, 0.25) is 0 Å². The van der Waals surface area contributed by atoms with E-state index in [9.17, 15) is 4.79 Å². The summed E-state index contributed by atoms with van der Waals surface area (Å²) in [5.41, 5.74) is 2.82. The van der Waals surface area contributed by atoms with Gasteiger partial charge in [0.1, 0.15) is 12.1 Å². The van der Waals surface area contributed by atoms with Gasteiger partial charge < -0.3 is 5.32 Å². The molecule has 4 heterocycles. The number of hydrogen-bond donors (Lipinski definition) is 2. The molecule has 2 N–H and O–H groups in total. The highest BCUT2D eigenvalue weighted by atomic mass is 16.1. The van der Waals surface area contributed by atoms with Crippen LogP contribution in [0.1, 0.15) is 15.9 Å². The fourth-order valence-corrected chi connectivity index (χ4v) is 2.54. The van der Waals surface area contributed by atoms with Gasteiger partial charge in [-0.3, -0.25) is 19.4 Å². The monoisotopic (exact) mass is 345 g/mol. The van der Waals surface area contributed by atoms with Crippen LogP contribution in [0.15, 0.2) is 67.8 Å². The zero-order chi connectivity index (χ0) is 17.8. The Morgan fingerprint density at radius 3 is 2.81 bits per heavy atom. The number of carbonyl (C=O) groups is 1. The van der Waals surface area contributed by atoms with Crippen LogP contribution in [-0.4, -0.2) is 35.6 Å². The van der Waals surface area contributed by atoms with Crippen LogP contribution in [0, 0.1) is 0 Å². The number of carbonyl (C=O) groups excluding carboxylic acids is 1. The fraction of sp³-hybridized carbons (Fsp3) is 0.0556. The van der Waals surface area contributed by atoms with E-state index in [4.69, 9.17) is 0 Å². The molecule has 0 radical (unpaired) electrons. The first-order valence-corrected chi connectivity index (χ1v) is 7.96. The molecule has 4 rings (SSSR count). The van der Waals surface area contributed by atoms with Crippen LogP contribution >= 0.6 is 0 Å². The Bertz CT molecular complexity index is 992. The molecule has 4 aromatic rings. The van der Waals surface area contributed by atoms with Crippen LogP contribution in [0.25, 0.3) is 17.1 Å². The van der Waals surface area contributed by atoms with E-state index in [1.165, 1.54) is 6.20 Å². The van der Waals surface area contributed by atoms with Crippen molar-refractivity contribution >= 4 is 5.91 Å². The third-order valence-electron chi connectivity index (χ3n) is 3.87. The largest absolute Gasteiger partial charge is 0.348 e. The molecule has 8 heteroatoms. The van der Waals surface area contributed by atoms with Gasteiger partial charge in [-0.1, -0.05) is 6.07 Å². The van der Waals surface area contributed by atoms with Crippen LogP contribution in [0.4, 0.5) is 0 Å². The minimum Gasteiger partial charge on any atom is -0.348 e. The van der Waals surface area contributed by atoms with Gasteiger partial charge in [0.25, 0.3) is 5.91 Å². The first-order chi connectivity index (χ1) is 12.8. The Morgan fingerprint density at radius 2 is 2.08 bits per heavy atom. The van der Waals surface area contributed by atoms with E-state index >= 15 is 0 Å². The number of nitrogens with one attached hydrogen (secondary N) is 2. The number of hydrogen-bond acceptors (Lipinski definition) is 5. The molecule has 0 unspecified atom stereocenters. The van der Waals surface area contributed by atoms with E-state index in [1.54, 1.807) is 31.1 Å². The van der Waals surface area contributed by atoms with E-state index < -0.39 is 0 Å². The summed E-state index contributed by atoms with van der Waals surface area (Å²) in [6.07, 6.45) is 11.8. The van der Waals surface area contributed by atoms with Gasteiger partial charge in [-0.05, 0) is 23.8 Å². The highest BCUT2D eigenvalue weighted by Gasteiger charge is 2.15. The zero-order valence-corrected chi connectivity index (χ0v) is 13.7. The number of amides is 1.